The number of thiophene rings is 1. The minimum absolute atomic E-state index is 0.263. The molecule has 0 radical (unpaired) electrons. The molecule has 2 heterocycles. The van der Waals surface area contributed by atoms with Gasteiger partial charge in [0.2, 0.25) is 0 Å². The summed E-state index contributed by atoms with van der Waals surface area (Å²) in [6, 6.07) is 17.8. The number of nitrogens with zero attached hydrogens (tertiary/aromatic N) is 2. The zero-order valence-corrected chi connectivity index (χ0v) is 17.6. The van der Waals surface area contributed by atoms with Crippen molar-refractivity contribution >= 4 is 51.2 Å². The number of hydrogen-bond donors (Lipinski definition) is 4. The monoisotopic (exact) mass is 442 g/mol. The van der Waals surface area contributed by atoms with Crippen molar-refractivity contribution in [2.75, 3.05) is 16.0 Å². The summed E-state index contributed by atoms with van der Waals surface area (Å²) < 4.78 is 0. The molecule has 0 saturated carbocycles. The number of urea groups is 1. The number of pyridine rings is 1. The maximum Gasteiger partial charge on any atom is 0.332 e. The van der Waals surface area contributed by atoms with Gasteiger partial charge in [0.1, 0.15) is 4.88 Å². The first-order valence-corrected chi connectivity index (χ1v) is 10.5. The molecule has 0 bridgehead atoms. The third-order valence-corrected chi connectivity index (χ3v) is 5.54. The highest BCUT2D eigenvalue weighted by Gasteiger charge is 2.14. The van der Waals surface area contributed by atoms with Crippen LogP contribution in [0.2, 0.25) is 0 Å². The number of carbonyl (C=O) groups is 2. The van der Waals surface area contributed by atoms with E-state index in [-0.39, 0.29) is 5.91 Å². The van der Waals surface area contributed by atoms with Crippen LogP contribution in [0.25, 0.3) is 10.9 Å². The molecule has 4 rings (SSSR count). The van der Waals surface area contributed by atoms with Crippen LogP contribution in [0.3, 0.4) is 0 Å². The van der Waals surface area contributed by atoms with Crippen LogP contribution >= 0.6 is 11.3 Å². The summed E-state index contributed by atoms with van der Waals surface area (Å²) in [4.78, 5) is 29.3. The van der Waals surface area contributed by atoms with Gasteiger partial charge in [-0.25, -0.2) is 10.1 Å². The minimum atomic E-state index is -0.649. The Morgan fingerprint density at radius 2 is 1.81 bits per heavy atom. The topological polar surface area (TPSA) is 119 Å². The van der Waals surface area contributed by atoms with E-state index in [0.717, 1.165) is 22.2 Å². The Morgan fingerprint density at radius 1 is 1.00 bits per heavy atom. The van der Waals surface area contributed by atoms with Gasteiger partial charge in [-0.3, -0.25) is 9.78 Å². The number of aromatic nitrogens is 1. The van der Waals surface area contributed by atoms with Crippen molar-refractivity contribution in [1.29, 1.82) is 5.26 Å². The van der Waals surface area contributed by atoms with Gasteiger partial charge in [-0.15, -0.1) is 11.3 Å². The van der Waals surface area contributed by atoms with Crippen molar-refractivity contribution in [1.82, 2.24) is 10.3 Å². The number of anilines is 3. The van der Waals surface area contributed by atoms with E-state index >= 15 is 0 Å². The number of carbonyl (C=O) groups excluding carboxylic acids is 2. The molecule has 0 aliphatic carbocycles. The van der Waals surface area contributed by atoms with E-state index in [9.17, 15) is 9.59 Å². The van der Waals surface area contributed by atoms with Gasteiger partial charge in [-0.05, 0) is 47.3 Å². The van der Waals surface area contributed by atoms with Crippen LogP contribution in [0.15, 0.2) is 72.2 Å². The number of rotatable bonds is 6. The van der Waals surface area contributed by atoms with E-state index < -0.39 is 6.03 Å². The van der Waals surface area contributed by atoms with Gasteiger partial charge in [0.15, 0.2) is 6.19 Å². The molecule has 158 valence electrons. The number of fused-ring (bicyclic) bond motifs is 1. The number of hydrogen-bond acceptors (Lipinski definition) is 6. The Labute approximate surface area is 187 Å². The lowest BCUT2D eigenvalue weighted by atomic mass is 10.1. The van der Waals surface area contributed by atoms with E-state index in [1.54, 1.807) is 36.7 Å². The summed E-state index contributed by atoms with van der Waals surface area (Å²) in [6.45, 7) is 0.549. The number of benzene rings is 2. The third-order valence-electron chi connectivity index (χ3n) is 4.63. The third kappa shape index (κ3) is 4.83. The van der Waals surface area contributed by atoms with E-state index in [0.29, 0.717) is 22.8 Å². The van der Waals surface area contributed by atoms with Crippen LogP contribution < -0.4 is 21.3 Å². The molecule has 4 aromatic rings. The van der Waals surface area contributed by atoms with Crippen molar-refractivity contribution in [2.24, 2.45) is 0 Å². The Morgan fingerprint density at radius 3 is 2.66 bits per heavy atom. The molecule has 0 spiro atoms. The van der Waals surface area contributed by atoms with Crippen LogP contribution in [-0.2, 0) is 6.54 Å². The number of nitriles is 1. The number of para-hydroxylation sites is 1. The van der Waals surface area contributed by atoms with E-state index in [4.69, 9.17) is 5.26 Å². The Bertz CT molecular complexity index is 1320. The summed E-state index contributed by atoms with van der Waals surface area (Å²) in [6.07, 6.45) is 3.33. The molecule has 0 aliphatic heterocycles. The van der Waals surface area contributed by atoms with Gasteiger partial charge in [-0.1, -0.05) is 24.3 Å². The zero-order valence-electron chi connectivity index (χ0n) is 16.8. The lowest BCUT2D eigenvalue weighted by Gasteiger charge is -2.11. The first-order valence-electron chi connectivity index (χ1n) is 9.65. The van der Waals surface area contributed by atoms with Gasteiger partial charge in [0.05, 0.1) is 11.2 Å². The van der Waals surface area contributed by atoms with E-state index in [1.165, 1.54) is 11.3 Å². The predicted molar refractivity (Wildman–Crippen MR) is 126 cm³/mol. The van der Waals surface area contributed by atoms with Gasteiger partial charge in [-0.2, -0.15) is 5.26 Å². The van der Waals surface area contributed by atoms with Crippen LogP contribution in [0.1, 0.15) is 15.2 Å². The quantitative estimate of drug-likeness (QED) is 0.253. The zero-order chi connectivity index (χ0) is 22.3. The van der Waals surface area contributed by atoms with Crippen molar-refractivity contribution in [2.45, 2.75) is 6.54 Å². The molecule has 9 heteroatoms. The lowest BCUT2D eigenvalue weighted by Crippen LogP contribution is -2.24. The summed E-state index contributed by atoms with van der Waals surface area (Å²) in [7, 11) is 0. The van der Waals surface area contributed by atoms with Gasteiger partial charge in [0.25, 0.3) is 5.91 Å². The molecule has 0 atom stereocenters. The fraction of sp³-hybridized carbons (Fsp3) is 0.0435. The molecule has 0 saturated heterocycles. The first-order chi connectivity index (χ1) is 15.6. The fourth-order valence-electron chi connectivity index (χ4n) is 3.20. The van der Waals surface area contributed by atoms with E-state index in [1.807, 2.05) is 47.1 Å². The summed E-state index contributed by atoms with van der Waals surface area (Å²) in [5, 5.41) is 22.1. The van der Waals surface area contributed by atoms with Crippen molar-refractivity contribution < 1.29 is 9.59 Å². The van der Waals surface area contributed by atoms with Crippen LogP contribution in [0, 0.1) is 11.5 Å². The minimum Gasteiger partial charge on any atom is -0.380 e. The molecule has 32 heavy (non-hydrogen) atoms. The molecule has 2 aromatic carbocycles. The molecule has 0 fully saturated rings. The molecule has 2 aromatic heterocycles. The summed E-state index contributed by atoms with van der Waals surface area (Å²) in [5.41, 5.74) is 3.71. The Kier molecular flexibility index (Phi) is 6.25. The lowest BCUT2D eigenvalue weighted by molar-refractivity contribution is 0.103. The Hall–Kier alpha value is -4.42. The molecule has 0 unspecified atom stereocenters. The molecule has 3 amide bonds. The highest BCUT2D eigenvalue weighted by molar-refractivity contribution is 7.12. The van der Waals surface area contributed by atoms with Gasteiger partial charge < -0.3 is 16.0 Å². The van der Waals surface area contributed by atoms with Crippen molar-refractivity contribution in [3.63, 3.8) is 0 Å². The second-order valence-corrected chi connectivity index (χ2v) is 7.65. The second-order valence-electron chi connectivity index (χ2n) is 6.73. The Balaban J connectivity index is 1.45. The van der Waals surface area contributed by atoms with Crippen LogP contribution in [0.4, 0.5) is 21.9 Å². The van der Waals surface area contributed by atoms with Gasteiger partial charge in [0, 0.05) is 29.5 Å². The van der Waals surface area contributed by atoms with Crippen molar-refractivity contribution in [3.8, 4) is 6.19 Å². The summed E-state index contributed by atoms with van der Waals surface area (Å²) >= 11 is 1.33. The molecule has 4 N–H and O–H groups in total. The number of nitrogens with one attached hydrogen (secondary N) is 4. The van der Waals surface area contributed by atoms with E-state index in [2.05, 4.69) is 20.9 Å². The fourth-order valence-corrected chi connectivity index (χ4v) is 3.97. The predicted octanol–water partition coefficient (Wildman–Crippen LogP) is 4.76. The highest BCUT2D eigenvalue weighted by atomic mass is 32.1. The molecular formula is C23H18N6O2S. The maximum atomic E-state index is 12.9. The normalized spacial score (nSPS) is 10.2. The average Bonchev–Trinajstić information content (AvgIpc) is 3.27. The molecular weight excluding hydrogens is 424 g/mol. The van der Waals surface area contributed by atoms with Crippen molar-refractivity contribution in [3.05, 3.63) is 82.7 Å². The SMILES string of the molecule is N#CNC(=O)Nc1cccc(NC(=O)c2sccc2NCc2ccnc3ccccc23)c1. The number of amides is 3. The smallest absolute Gasteiger partial charge is 0.332 e. The largest absolute Gasteiger partial charge is 0.380 e. The summed E-state index contributed by atoms with van der Waals surface area (Å²) in [5.74, 6) is -0.263. The molecule has 0 aliphatic rings. The highest BCUT2D eigenvalue weighted by Crippen LogP contribution is 2.26. The first kappa shape index (κ1) is 20.8. The average molecular weight is 443 g/mol. The van der Waals surface area contributed by atoms with Crippen LogP contribution in [-0.4, -0.2) is 16.9 Å². The molecule has 8 nitrogen and oxygen atoms in total. The second kappa shape index (κ2) is 9.59. The van der Waals surface area contributed by atoms with Gasteiger partial charge >= 0.3 is 6.03 Å². The van der Waals surface area contributed by atoms with Crippen LogP contribution in [0.5, 0.6) is 0 Å². The maximum absolute atomic E-state index is 12.9. The standard InChI is InChI=1S/C23H18N6O2S/c24-14-27-23(31)29-17-5-3-4-16(12-17)28-22(30)21-20(9-11-32-21)26-13-15-8-10-25-19-7-2-1-6-18(15)19/h1-12,26H,13H2,(H,28,30)(H2,27,29,31).